The monoisotopic (exact) mass is 742 g/mol. The van der Waals surface area contributed by atoms with E-state index in [1.54, 1.807) is 0 Å². The van der Waals surface area contributed by atoms with Gasteiger partial charge in [0.15, 0.2) is 0 Å². The van der Waals surface area contributed by atoms with Gasteiger partial charge in [-0.15, -0.1) is 0 Å². The lowest BCUT2D eigenvalue weighted by Gasteiger charge is -2.26. The summed E-state index contributed by atoms with van der Waals surface area (Å²) in [5.74, 6) is 0. The number of aryl methyl sites for hydroxylation is 1. The summed E-state index contributed by atoms with van der Waals surface area (Å²) in [4.78, 5) is 2.37. The molecule has 2 heterocycles. The van der Waals surface area contributed by atoms with Crippen LogP contribution in [0.25, 0.3) is 82.8 Å². The third-order valence-corrected chi connectivity index (χ3v) is 11.5. The molecule has 58 heavy (non-hydrogen) atoms. The molecule has 0 radical (unpaired) electrons. The summed E-state index contributed by atoms with van der Waals surface area (Å²) in [5.41, 5.74) is 16.8. The third kappa shape index (κ3) is 5.75. The van der Waals surface area contributed by atoms with Gasteiger partial charge in [-0.2, -0.15) is 0 Å². The summed E-state index contributed by atoms with van der Waals surface area (Å²) in [6, 6.07) is 76.3. The van der Waals surface area contributed by atoms with Gasteiger partial charge in [-0.3, -0.25) is 0 Å². The highest BCUT2D eigenvalue weighted by atomic mass is 16.3. The first-order chi connectivity index (χ1) is 28.7. The first-order valence-corrected chi connectivity index (χ1v) is 19.8. The van der Waals surface area contributed by atoms with Gasteiger partial charge in [0.25, 0.3) is 0 Å². The maximum absolute atomic E-state index is 6.51. The first kappa shape index (κ1) is 33.7. The van der Waals surface area contributed by atoms with Gasteiger partial charge in [0, 0.05) is 49.9 Å². The predicted octanol–water partition coefficient (Wildman–Crippen LogP) is 15.5. The summed E-state index contributed by atoms with van der Waals surface area (Å²) < 4.78 is 8.88. The number of anilines is 3. The van der Waals surface area contributed by atoms with Crippen LogP contribution in [-0.4, -0.2) is 4.57 Å². The number of fused-ring (bicyclic) bond motifs is 6. The van der Waals surface area contributed by atoms with Crippen molar-refractivity contribution in [1.82, 2.24) is 4.57 Å². The molecular weight excluding hydrogens is 705 g/mol. The molecule has 11 rings (SSSR count). The maximum Gasteiger partial charge on any atom is 0.143 e. The Labute approximate surface area is 337 Å². The van der Waals surface area contributed by atoms with Gasteiger partial charge < -0.3 is 13.9 Å². The minimum absolute atomic E-state index is 0.917. The predicted molar refractivity (Wildman–Crippen MR) is 244 cm³/mol. The Morgan fingerprint density at radius 3 is 1.64 bits per heavy atom. The fourth-order valence-electron chi connectivity index (χ4n) is 8.61. The number of para-hydroxylation sites is 3. The second-order valence-corrected chi connectivity index (χ2v) is 15.0. The molecule has 11 aromatic rings. The van der Waals surface area contributed by atoms with Crippen molar-refractivity contribution in [1.29, 1.82) is 0 Å². The van der Waals surface area contributed by atoms with Gasteiger partial charge in [0.2, 0.25) is 0 Å². The van der Waals surface area contributed by atoms with E-state index >= 15 is 0 Å². The quantitative estimate of drug-likeness (QED) is 0.162. The van der Waals surface area contributed by atoms with E-state index in [0.29, 0.717) is 0 Å². The number of aromatic nitrogens is 1. The van der Waals surface area contributed by atoms with E-state index in [1.165, 1.54) is 49.6 Å². The molecule has 3 heteroatoms. The van der Waals surface area contributed by atoms with Crippen LogP contribution in [0, 0.1) is 6.92 Å². The number of benzene rings is 9. The highest BCUT2D eigenvalue weighted by molar-refractivity contribution is 6.11. The van der Waals surface area contributed by atoms with Gasteiger partial charge in [-0.25, -0.2) is 0 Å². The first-order valence-electron chi connectivity index (χ1n) is 19.8. The second-order valence-electron chi connectivity index (χ2n) is 15.0. The van der Waals surface area contributed by atoms with Gasteiger partial charge >= 0.3 is 0 Å². The van der Waals surface area contributed by atoms with Crippen LogP contribution in [-0.2, 0) is 0 Å². The zero-order chi connectivity index (χ0) is 38.6. The van der Waals surface area contributed by atoms with Gasteiger partial charge in [0.05, 0.1) is 11.0 Å². The van der Waals surface area contributed by atoms with Crippen LogP contribution in [0.3, 0.4) is 0 Å². The molecule has 0 bridgehead atoms. The summed E-state index contributed by atoms with van der Waals surface area (Å²) in [6.45, 7) is 2.11. The standard InChI is InChI=1S/C55H38N2O/c1-37-19-33-49-50-17-10-16-47(55(50)58-54(49)35-37)42-26-30-45(31-27-42)56(44-28-24-41(25-29-44)40-22-20-39(21-23-40)38-11-4-2-5-12-38)46-32-34-53-51(36-46)48-15-8-9-18-52(48)57(53)43-13-6-3-7-14-43/h2-36H,1H3. The molecule has 0 fully saturated rings. The molecule has 0 aliphatic carbocycles. The van der Waals surface area contributed by atoms with Crippen LogP contribution >= 0.6 is 0 Å². The molecule has 0 aliphatic rings. The molecule has 9 aromatic carbocycles. The van der Waals surface area contributed by atoms with Crippen LogP contribution in [0.1, 0.15) is 5.56 Å². The zero-order valence-electron chi connectivity index (χ0n) is 32.0. The van der Waals surface area contributed by atoms with Gasteiger partial charge in [-0.1, -0.05) is 146 Å². The highest BCUT2D eigenvalue weighted by Gasteiger charge is 2.19. The lowest BCUT2D eigenvalue weighted by molar-refractivity contribution is 0.669. The minimum Gasteiger partial charge on any atom is -0.455 e. The van der Waals surface area contributed by atoms with Crippen molar-refractivity contribution in [3.63, 3.8) is 0 Å². The molecule has 0 amide bonds. The minimum atomic E-state index is 0.917. The second kappa shape index (κ2) is 13.8. The van der Waals surface area contributed by atoms with Crippen LogP contribution in [0.15, 0.2) is 217 Å². The fraction of sp³-hybridized carbons (Fsp3) is 0.0182. The number of rotatable bonds is 7. The number of furan rings is 1. The molecule has 274 valence electrons. The zero-order valence-corrected chi connectivity index (χ0v) is 32.0. The topological polar surface area (TPSA) is 21.3 Å². The van der Waals surface area contributed by atoms with E-state index in [4.69, 9.17) is 4.42 Å². The number of nitrogens with zero attached hydrogens (tertiary/aromatic N) is 2. The Kier molecular flexibility index (Phi) is 8.04. The Hall–Kier alpha value is -7.62. The van der Waals surface area contributed by atoms with Crippen molar-refractivity contribution in [2.75, 3.05) is 4.90 Å². The summed E-state index contributed by atoms with van der Waals surface area (Å²) in [5, 5.41) is 4.71. The van der Waals surface area contributed by atoms with E-state index in [0.717, 1.165) is 55.8 Å². The van der Waals surface area contributed by atoms with Crippen molar-refractivity contribution in [3.05, 3.63) is 218 Å². The Morgan fingerprint density at radius 1 is 0.379 bits per heavy atom. The number of hydrogen-bond donors (Lipinski definition) is 0. The Bertz CT molecular complexity index is 3250. The average Bonchev–Trinajstić information content (AvgIpc) is 3.83. The lowest BCUT2D eigenvalue weighted by atomic mass is 10.00. The van der Waals surface area contributed by atoms with Gasteiger partial charge in [0.1, 0.15) is 11.2 Å². The molecule has 0 saturated heterocycles. The Morgan fingerprint density at radius 2 is 0.931 bits per heavy atom. The summed E-state index contributed by atoms with van der Waals surface area (Å²) >= 11 is 0. The van der Waals surface area contributed by atoms with E-state index in [9.17, 15) is 0 Å². The lowest BCUT2D eigenvalue weighted by Crippen LogP contribution is -2.10. The molecule has 0 saturated carbocycles. The van der Waals surface area contributed by atoms with Crippen molar-refractivity contribution in [2.24, 2.45) is 0 Å². The molecule has 0 atom stereocenters. The average molecular weight is 743 g/mol. The van der Waals surface area contributed by atoms with Crippen molar-refractivity contribution in [2.45, 2.75) is 6.92 Å². The largest absolute Gasteiger partial charge is 0.455 e. The van der Waals surface area contributed by atoms with E-state index < -0.39 is 0 Å². The molecular formula is C55H38N2O. The van der Waals surface area contributed by atoms with Crippen LogP contribution in [0.2, 0.25) is 0 Å². The smallest absolute Gasteiger partial charge is 0.143 e. The van der Waals surface area contributed by atoms with Gasteiger partial charge in [-0.05, 0) is 107 Å². The Balaban J connectivity index is 1.02. The van der Waals surface area contributed by atoms with Crippen LogP contribution < -0.4 is 4.90 Å². The molecule has 0 N–H and O–H groups in total. The van der Waals surface area contributed by atoms with Crippen LogP contribution in [0.4, 0.5) is 17.1 Å². The normalized spacial score (nSPS) is 11.5. The highest BCUT2D eigenvalue weighted by Crippen LogP contribution is 2.42. The van der Waals surface area contributed by atoms with E-state index in [1.807, 2.05) is 0 Å². The number of hydrogen-bond acceptors (Lipinski definition) is 2. The van der Waals surface area contributed by atoms with Crippen molar-refractivity contribution in [3.8, 4) is 39.1 Å². The van der Waals surface area contributed by atoms with E-state index in [2.05, 4.69) is 229 Å². The van der Waals surface area contributed by atoms with Crippen molar-refractivity contribution < 1.29 is 4.42 Å². The SMILES string of the molecule is Cc1ccc2c(c1)oc1c(-c3ccc(N(c4ccc(-c5ccc(-c6ccccc6)cc5)cc4)c4ccc5c(c4)c4ccccc4n5-c4ccccc4)cc3)cccc12. The van der Waals surface area contributed by atoms with Crippen LogP contribution in [0.5, 0.6) is 0 Å². The molecule has 0 unspecified atom stereocenters. The summed E-state index contributed by atoms with van der Waals surface area (Å²) in [7, 11) is 0. The van der Waals surface area contributed by atoms with E-state index in [-0.39, 0.29) is 0 Å². The third-order valence-electron chi connectivity index (χ3n) is 11.5. The molecule has 2 aromatic heterocycles. The maximum atomic E-state index is 6.51. The fourth-order valence-corrected chi connectivity index (χ4v) is 8.61. The molecule has 3 nitrogen and oxygen atoms in total. The molecule has 0 aliphatic heterocycles. The summed E-state index contributed by atoms with van der Waals surface area (Å²) in [6.07, 6.45) is 0. The van der Waals surface area contributed by atoms with Crippen molar-refractivity contribution >= 4 is 60.8 Å². The molecule has 0 spiro atoms.